The molecule has 1 atom stereocenters. The van der Waals surface area contributed by atoms with Gasteiger partial charge >= 0.3 is 5.97 Å². The fourth-order valence-corrected chi connectivity index (χ4v) is 4.74. The van der Waals surface area contributed by atoms with Crippen molar-refractivity contribution in [3.63, 3.8) is 0 Å². The van der Waals surface area contributed by atoms with Crippen LogP contribution in [0.15, 0.2) is 0 Å². The van der Waals surface area contributed by atoms with Crippen LogP contribution in [0, 0.1) is 5.92 Å². The Morgan fingerprint density at radius 3 is 2.29 bits per heavy atom. The van der Waals surface area contributed by atoms with Gasteiger partial charge in [-0.3, -0.25) is 4.79 Å². The maximum Gasteiger partial charge on any atom is 0.306 e. The van der Waals surface area contributed by atoms with E-state index in [0.29, 0.717) is 39.0 Å². The second kappa shape index (κ2) is 6.60. The Morgan fingerprint density at radius 2 is 1.76 bits per heavy atom. The first kappa shape index (κ1) is 16.7. The van der Waals surface area contributed by atoms with Crippen LogP contribution in [0.4, 0.5) is 0 Å². The predicted octanol–water partition coefficient (Wildman–Crippen LogP) is 0.0538. The van der Waals surface area contributed by atoms with Crippen molar-refractivity contribution in [1.82, 2.24) is 13.5 Å². The Hall–Kier alpha value is -0.700. The molecule has 2 fully saturated rings. The van der Waals surface area contributed by atoms with Gasteiger partial charge in [-0.05, 0) is 26.3 Å². The van der Waals surface area contributed by atoms with Crippen LogP contribution in [0.3, 0.4) is 0 Å². The molecule has 0 bridgehead atoms. The lowest BCUT2D eigenvalue weighted by Gasteiger charge is -2.41. The van der Waals surface area contributed by atoms with Crippen LogP contribution in [-0.4, -0.2) is 78.8 Å². The summed E-state index contributed by atoms with van der Waals surface area (Å²) < 4.78 is 28.3. The molecule has 2 aliphatic heterocycles. The molecule has 0 radical (unpaired) electrons. The van der Waals surface area contributed by atoms with Gasteiger partial charge in [0.2, 0.25) is 0 Å². The Balaban J connectivity index is 2.00. The second-order valence-electron chi connectivity index (χ2n) is 5.92. The lowest BCUT2D eigenvalue weighted by Crippen LogP contribution is -2.57. The fraction of sp³-hybridized carbons (Fsp3) is 0.923. The minimum atomic E-state index is -3.45. The molecule has 0 aromatic rings. The second-order valence-corrected chi connectivity index (χ2v) is 7.85. The molecule has 0 saturated carbocycles. The van der Waals surface area contributed by atoms with Crippen molar-refractivity contribution in [3.8, 4) is 0 Å². The van der Waals surface area contributed by atoms with Crippen LogP contribution in [0.25, 0.3) is 0 Å². The molecular weight excluding hydrogens is 294 g/mol. The Bertz CT molecular complexity index is 474. The van der Waals surface area contributed by atoms with Crippen molar-refractivity contribution in [1.29, 1.82) is 0 Å². The van der Waals surface area contributed by atoms with Crippen molar-refractivity contribution in [2.24, 2.45) is 5.92 Å². The molecule has 1 unspecified atom stereocenters. The van der Waals surface area contributed by atoms with Crippen LogP contribution in [0.2, 0.25) is 0 Å². The van der Waals surface area contributed by atoms with Gasteiger partial charge < -0.3 is 10.0 Å². The molecule has 0 spiro atoms. The molecule has 0 aliphatic carbocycles. The topological polar surface area (TPSA) is 81.2 Å². The van der Waals surface area contributed by atoms with Crippen LogP contribution in [0.5, 0.6) is 0 Å². The normalized spacial score (nSPS) is 27.8. The molecule has 0 aromatic heterocycles. The molecule has 7 nitrogen and oxygen atoms in total. The van der Waals surface area contributed by atoms with Crippen molar-refractivity contribution in [3.05, 3.63) is 0 Å². The average Bonchev–Trinajstić information content (AvgIpc) is 2.47. The smallest absolute Gasteiger partial charge is 0.306 e. The van der Waals surface area contributed by atoms with E-state index in [1.165, 1.54) is 4.31 Å². The van der Waals surface area contributed by atoms with E-state index in [4.69, 9.17) is 5.11 Å². The van der Waals surface area contributed by atoms with Crippen LogP contribution in [-0.2, 0) is 15.0 Å². The van der Waals surface area contributed by atoms with Crippen molar-refractivity contribution < 1.29 is 18.3 Å². The number of carboxylic acids is 1. The molecule has 122 valence electrons. The first-order chi connectivity index (χ1) is 9.86. The van der Waals surface area contributed by atoms with Crippen LogP contribution < -0.4 is 0 Å². The Morgan fingerprint density at radius 1 is 1.14 bits per heavy atom. The Kier molecular flexibility index (Phi) is 5.24. The predicted molar refractivity (Wildman–Crippen MR) is 79.1 cm³/mol. The van der Waals surface area contributed by atoms with Gasteiger partial charge in [-0.1, -0.05) is 6.92 Å². The molecule has 2 aliphatic rings. The zero-order valence-corrected chi connectivity index (χ0v) is 13.5. The van der Waals surface area contributed by atoms with Gasteiger partial charge in [0.1, 0.15) is 0 Å². The number of nitrogens with zero attached hydrogens (tertiary/aromatic N) is 3. The quantitative estimate of drug-likeness (QED) is 0.792. The van der Waals surface area contributed by atoms with Crippen LogP contribution >= 0.6 is 0 Å². The third kappa shape index (κ3) is 3.56. The zero-order chi connectivity index (χ0) is 15.6. The summed E-state index contributed by atoms with van der Waals surface area (Å²) in [4.78, 5) is 13.1. The van der Waals surface area contributed by atoms with E-state index in [1.54, 1.807) is 4.31 Å². The van der Waals surface area contributed by atoms with Crippen molar-refractivity contribution in [2.45, 2.75) is 32.2 Å². The highest BCUT2D eigenvalue weighted by molar-refractivity contribution is 7.86. The largest absolute Gasteiger partial charge is 0.481 e. The first-order valence-corrected chi connectivity index (χ1v) is 8.94. The van der Waals surface area contributed by atoms with Gasteiger partial charge in [0.05, 0.1) is 5.92 Å². The molecule has 2 saturated heterocycles. The highest BCUT2D eigenvalue weighted by Crippen LogP contribution is 2.23. The van der Waals surface area contributed by atoms with E-state index in [1.807, 2.05) is 7.05 Å². The van der Waals surface area contributed by atoms with E-state index in [-0.39, 0.29) is 6.04 Å². The monoisotopic (exact) mass is 319 g/mol. The third-order valence-electron chi connectivity index (χ3n) is 4.67. The maximum absolute atomic E-state index is 12.7. The number of piperazine rings is 1. The first-order valence-electron chi connectivity index (χ1n) is 7.54. The summed E-state index contributed by atoms with van der Waals surface area (Å²) in [5.41, 5.74) is 0. The van der Waals surface area contributed by atoms with Gasteiger partial charge in [0.15, 0.2) is 0 Å². The average molecular weight is 319 g/mol. The molecule has 0 aromatic carbocycles. The highest BCUT2D eigenvalue weighted by Gasteiger charge is 2.37. The van der Waals surface area contributed by atoms with E-state index in [0.717, 1.165) is 13.0 Å². The molecule has 2 rings (SSSR count). The van der Waals surface area contributed by atoms with Crippen molar-refractivity contribution in [2.75, 3.05) is 39.8 Å². The number of carboxylic acid groups (broad SMARTS) is 1. The van der Waals surface area contributed by atoms with E-state index < -0.39 is 22.1 Å². The number of hydrogen-bond acceptors (Lipinski definition) is 4. The lowest BCUT2D eigenvalue weighted by atomic mass is 9.99. The van der Waals surface area contributed by atoms with E-state index >= 15 is 0 Å². The fourth-order valence-electron chi connectivity index (χ4n) is 3.06. The third-order valence-corrected chi connectivity index (χ3v) is 6.67. The number of carbonyl (C=O) groups is 1. The summed E-state index contributed by atoms with van der Waals surface area (Å²) in [5, 5.41) is 8.99. The molecule has 0 amide bonds. The summed E-state index contributed by atoms with van der Waals surface area (Å²) in [5.74, 6) is -1.23. The maximum atomic E-state index is 12.7. The van der Waals surface area contributed by atoms with E-state index in [9.17, 15) is 13.2 Å². The van der Waals surface area contributed by atoms with Gasteiger partial charge in [0.25, 0.3) is 10.2 Å². The molecular formula is C13H25N3O4S. The summed E-state index contributed by atoms with van der Waals surface area (Å²) in [6.07, 6.45) is 1.72. The lowest BCUT2D eigenvalue weighted by molar-refractivity contribution is -0.142. The summed E-state index contributed by atoms with van der Waals surface area (Å²) in [6, 6.07) is 0.255. The molecule has 8 heteroatoms. The number of piperidine rings is 1. The minimum Gasteiger partial charge on any atom is -0.481 e. The minimum absolute atomic E-state index is 0.255. The van der Waals surface area contributed by atoms with E-state index in [2.05, 4.69) is 11.8 Å². The van der Waals surface area contributed by atoms with Crippen molar-refractivity contribution >= 4 is 16.2 Å². The number of aliphatic carboxylic acids is 1. The van der Waals surface area contributed by atoms with Gasteiger partial charge in [0, 0.05) is 38.8 Å². The number of hydrogen-bond donors (Lipinski definition) is 1. The highest BCUT2D eigenvalue weighted by atomic mass is 32.2. The summed E-state index contributed by atoms with van der Waals surface area (Å²) in [6.45, 7) is 4.45. The number of likely N-dealkylation sites (N-methyl/N-ethyl adjacent to an activating group) is 1. The van der Waals surface area contributed by atoms with Gasteiger partial charge in [-0.2, -0.15) is 17.0 Å². The molecule has 1 N–H and O–H groups in total. The zero-order valence-electron chi connectivity index (χ0n) is 12.7. The molecule has 21 heavy (non-hydrogen) atoms. The SMILES string of the molecule is CCC1CN(S(=O)(=O)N2CCC(C(=O)O)CC2)CCN1C. The summed E-state index contributed by atoms with van der Waals surface area (Å²) >= 11 is 0. The Labute approximate surface area is 126 Å². The summed E-state index contributed by atoms with van der Waals surface area (Å²) in [7, 11) is -1.43. The standard InChI is InChI=1S/C13H25N3O4S/c1-3-12-10-16(9-8-14(12)2)21(19,20)15-6-4-11(5-7-15)13(17)18/h11-12H,3-10H2,1-2H3,(H,17,18). The van der Waals surface area contributed by atoms with Gasteiger partial charge in [-0.25, -0.2) is 0 Å². The van der Waals surface area contributed by atoms with Gasteiger partial charge in [-0.15, -0.1) is 0 Å². The molecule has 2 heterocycles. The van der Waals surface area contributed by atoms with Crippen LogP contribution in [0.1, 0.15) is 26.2 Å². The number of rotatable bonds is 4.